The van der Waals surface area contributed by atoms with Gasteiger partial charge in [-0.05, 0) is 30.9 Å². The first-order chi connectivity index (χ1) is 10.6. The maximum atomic E-state index is 11.9. The molecule has 22 heavy (non-hydrogen) atoms. The molecule has 1 aromatic carbocycles. The van der Waals surface area contributed by atoms with Crippen molar-refractivity contribution in [2.24, 2.45) is 5.92 Å². The first-order valence-corrected chi connectivity index (χ1v) is 8.36. The van der Waals surface area contributed by atoms with Crippen LogP contribution in [0.4, 0.5) is 5.69 Å². The zero-order valence-electron chi connectivity index (χ0n) is 14.1. The first-order valence-electron chi connectivity index (χ1n) is 8.36. The van der Waals surface area contributed by atoms with Gasteiger partial charge in [-0.3, -0.25) is 9.69 Å². The zero-order valence-corrected chi connectivity index (χ0v) is 14.1. The molecule has 1 saturated heterocycles. The van der Waals surface area contributed by atoms with E-state index >= 15 is 0 Å². The van der Waals surface area contributed by atoms with Crippen molar-refractivity contribution in [1.82, 2.24) is 10.2 Å². The second-order valence-electron chi connectivity index (χ2n) is 6.58. The number of aryl methyl sites for hydroxylation is 1. The average molecular weight is 303 g/mol. The molecule has 4 nitrogen and oxygen atoms in total. The predicted molar refractivity (Wildman–Crippen MR) is 92.3 cm³/mol. The van der Waals surface area contributed by atoms with Crippen LogP contribution in [0, 0.1) is 12.8 Å². The second-order valence-corrected chi connectivity index (χ2v) is 6.58. The summed E-state index contributed by atoms with van der Waals surface area (Å²) in [6.07, 6.45) is 1.05. The minimum absolute atomic E-state index is 0.157. The molecule has 0 aromatic heterocycles. The standard InChI is InChI=1S/C18H29N3O/c1-15(2)8-9-19-18(22)14-20-10-12-21(13-11-20)17-7-5-4-6-16(17)3/h4-7,15H,8-14H2,1-3H3,(H,19,22). The third kappa shape index (κ3) is 5.02. The predicted octanol–water partition coefficient (Wildman–Crippen LogP) is 2.28. The number of para-hydroxylation sites is 1. The molecule has 1 N–H and O–H groups in total. The molecule has 122 valence electrons. The smallest absolute Gasteiger partial charge is 0.234 e. The number of hydrogen-bond donors (Lipinski definition) is 1. The minimum atomic E-state index is 0.157. The van der Waals surface area contributed by atoms with Crippen LogP contribution in [0.5, 0.6) is 0 Å². The van der Waals surface area contributed by atoms with E-state index in [0.29, 0.717) is 12.5 Å². The van der Waals surface area contributed by atoms with Crippen molar-refractivity contribution < 1.29 is 4.79 Å². The number of carbonyl (C=O) groups excluding carboxylic acids is 1. The van der Waals surface area contributed by atoms with Crippen molar-refractivity contribution in [3.63, 3.8) is 0 Å². The van der Waals surface area contributed by atoms with Crippen molar-refractivity contribution in [2.75, 3.05) is 44.2 Å². The summed E-state index contributed by atoms with van der Waals surface area (Å²) < 4.78 is 0. The number of rotatable bonds is 6. The fraction of sp³-hybridized carbons (Fsp3) is 0.611. The quantitative estimate of drug-likeness (QED) is 0.876. The number of piperazine rings is 1. The van der Waals surface area contributed by atoms with Gasteiger partial charge in [0.05, 0.1) is 6.54 Å². The molecule has 1 heterocycles. The summed E-state index contributed by atoms with van der Waals surface area (Å²) in [6.45, 7) is 11.7. The van der Waals surface area contributed by atoms with Gasteiger partial charge in [-0.15, -0.1) is 0 Å². The minimum Gasteiger partial charge on any atom is -0.369 e. The zero-order chi connectivity index (χ0) is 15.9. The lowest BCUT2D eigenvalue weighted by Crippen LogP contribution is -2.49. The number of nitrogens with zero attached hydrogens (tertiary/aromatic N) is 2. The summed E-state index contributed by atoms with van der Waals surface area (Å²) in [5.74, 6) is 0.794. The van der Waals surface area contributed by atoms with Gasteiger partial charge in [0.15, 0.2) is 0 Å². The number of hydrogen-bond acceptors (Lipinski definition) is 3. The van der Waals surface area contributed by atoms with Crippen LogP contribution in [-0.4, -0.2) is 50.1 Å². The van der Waals surface area contributed by atoms with E-state index in [-0.39, 0.29) is 5.91 Å². The molecule has 1 aromatic rings. The molecule has 2 rings (SSSR count). The van der Waals surface area contributed by atoms with Crippen LogP contribution in [0.1, 0.15) is 25.8 Å². The summed E-state index contributed by atoms with van der Waals surface area (Å²) in [4.78, 5) is 16.6. The number of benzene rings is 1. The number of nitrogens with one attached hydrogen (secondary N) is 1. The van der Waals surface area contributed by atoms with Crippen LogP contribution in [0.3, 0.4) is 0 Å². The van der Waals surface area contributed by atoms with E-state index in [9.17, 15) is 4.79 Å². The summed E-state index contributed by atoms with van der Waals surface area (Å²) in [7, 11) is 0. The molecular formula is C18H29N3O. The van der Waals surface area contributed by atoms with E-state index < -0.39 is 0 Å². The average Bonchev–Trinajstić information content (AvgIpc) is 2.48. The van der Waals surface area contributed by atoms with Crippen molar-refractivity contribution in [2.45, 2.75) is 27.2 Å². The van der Waals surface area contributed by atoms with Gasteiger partial charge in [0.1, 0.15) is 0 Å². The molecule has 0 atom stereocenters. The summed E-state index contributed by atoms with van der Waals surface area (Å²) >= 11 is 0. The molecule has 1 fully saturated rings. The third-order valence-corrected chi connectivity index (χ3v) is 4.24. The maximum absolute atomic E-state index is 11.9. The van der Waals surface area contributed by atoms with Crippen molar-refractivity contribution in [1.29, 1.82) is 0 Å². The maximum Gasteiger partial charge on any atom is 0.234 e. The molecular weight excluding hydrogens is 274 g/mol. The van der Waals surface area contributed by atoms with Crippen molar-refractivity contribution in [3.05, 3.63) is 29.8 Å². The van der Waals surface area contributed by atoms with Crippen molar-refractivity contribution in [3.8, 4) is 0 Å². The lowest BCUT2D eigenvalue weighted by Gasteiger charge is -2.36. The van der Waals surface area contributed by atoms with Crippen LogP contribution >= 0.6 is 0 Å². The van der Waals surface area contributed by atoms with Crippen molar-refractivity contribution >= 4 is 11.6 Å². The van der Waals surface area contributed by atoms with Gasteiger partial charge in [-0.2, -0.15) is 0 Å². The Bertz CT molecular complexity index is 479. The van der Waals surface area contributed by atoms with Gasteiger partial charge in [0, 0.05) is 38.4 Å². The van der Waals surface area contributed by atoms with E-state index in [0.717, 1.165) is 39.1 Å². The fourth-order valence-corrected chi connectivity index (χ4v) is 2.82. The Balaban J connectivity index is 1.73. The van der Waals surface area contributed by atoms with Gasteiger partial charge in [0.25, 0.3) is 0 Å². The van der Waals surface area contributed by atoms with E-state index in [2.05, 4.69) is 60.2 Å². The van der Waals surface area contributed by atoms with Crippen LogP contribution < -0.4 is 10.2 Å². The second kappa shape index (κ2) is 8.18. The summed E-state index contributed by atoms with van der Waals surface area (Å²) in [6, 6.07) is 8.51. The highest BCUT2D eigenvalue weighted by atomic mass is 16.2. The topological polar surface area (TPSA) is 35.6 Å². The fourth-order valence-electron chi connectivity index (χ4n) is 2.82. The molecule has 1 aliphatic heterocycles. The van der Waals surface area contributed by atoms with E-state index in [4.69, 9.17) is 0 Å². The van der Waals surface area contributed by atoms with Gasteiger partial charge in [-0.1, -0.05) is 32.0 Å². The highest BCUT2D eigenvalue weighted by Crippen LogP contribution is 2.20. The molecule has 0 unspecified atom stereocenters. The molecule has 0 saturated carbocycles. The number of anilines is 1. The van der Waals surface area contributed by atoms with Crippen LogP contribution in [0.15, 0.2) is 24.3 Å². The molecule has 1 amide bonds. The summed E-state index contributed by atoms with van der Waals surface area (Å²) in [5.41, 5.74) is 2.64. The molecule has 4 heteroatoms. The number of carbonyl (C=O) groups is 1. The van der Waals surface area contributed by atoms with Crippen LogP contribution in [0.2, 0.25) is 0 Å². The largest absolute Gasteiger partial charge is 0.369 e. The lowest BCUT2D eigenvalue weighted by atomic mass is 10.1. The Morgan fingerprint density at radius 2 is 1.86 bits per heavy atom. The Kier molecular flexibility index (Phi) is 6.25. The lowest BCUT2D eigenvalue weighted by molar-refractivity contribution is -0.122. The van der Waals surface area contributed by atoms with Gasteiger partial charge < -0.3 is 10.2 Å². The van der Waals surface area contributed by atoms with E-state index in [1.807, 2.05) is 0 Å². The highest BCUT2D eigenvalue weighted by Gasteiger charge is 2.19. The van der Waals surface area contributed by atoms with Gasteiger partial charge >= 0.3 is 0 Å². The normalized spacial score (nSPS) is 16.1. The molecule has 0 radical (unpaired) electrons. The molecule has 0 aliphatic carbocycles. The van der Waals surface area contributed by atoms with E-state index in [1.54, 1.807) is 0 Å². The Morgan fingerprint density at radius 1 is 1.18 bits per heavy atom. The summed E-state index contributed by atoms with van der Waals surface area (Å²) in [5, 5.41) is 3.02. The SMILES string of the molecule is Cc1ccccc1N1CCN(CC(=O)NCCC(C)C)CC1. The van der Waals surface area contributed by atoms with Gasteiger partial charge in [-0.25, -0.2) is 0 Å². The first kappa shape index (κ1) is 16.8. The Morgan fingerprint density at radius 3 is 2.50 bits per heavy atom. The van der Waals surface area contributed by atoms with Crippen LogP contribution in [-0.2, 0) is 4.79 Å². The Labute approximate surface area is 134 Å². The third-order valence-electron chi connectivity index (χ3n) is 4.24. The highest BCUT2D eigenvalue weighted by molar-refractivity contribution is 5.78. The van der Waals surface area contributed by atoms with Gasteiger partial charge in [0.2, 0.25) is 5.91 Å². The van der Waals surface area contributed by atoms with Crippen LogP contribution in [0.25, 0.3) is 0 Å². The molecule has 0 bridgehead atoms. The van der Waals surface area contributed by atoms with E-state index in [1.165, 1.54) is 11.3 Å². The molecule has 1 aliphatic rings. The number of amides is 1. The monoisotopic (exact) mass is 303 g/mol. The Hall–Kier alpha value is -1.55. The molecule has 0 spiro atoms.